The number of ether oxygens (including phenoxy) is 2. The Bertz CT molecular complexity index is 617. The molecule has 1 aliphatic heterocycles. The van der Waals surface area contributed by atoms with Crippen LogP contribution in [0.1, 0.15) is 37.3 Å². The average molecular weight is 376 g/mol. The molecule has 1 N–H and O–H groups in total. The van der Waals surface area contributed by atoms with E-state index in [9.17, 15) is 4.79 Å². The summed E-state index contributed by atoms with van der Waals surface area (Å²) in [6.07, 6.45) is 2.49. The predicted molar refractivity (Wildman–Crippen MR) is 108 cm³/mol. The number of rotatable bonds is 7. The number of para-hydroxylation sites is 1. The van der Waals surface area contributed by atoms with Crippen LogP contribution in [0.15, 0.2) is 23.2 Å². The van der Waals surface area contributed by atoms with E-state index in [1.54, 1.807) is 0 Å². The molecule has 0 saturated carbocycles. The Morgan fingerprint density at radius 2 is 1.93 bits per heavy atom. The van der Waals surface area contributed by atoms with Gasteiger partial charge in [0.15, 0.2) is 5.96 Å². The molecule has 6 nitrogen and oxygen atoms in total. The van der Waals surface area contributed by atoms with Crippen LogP contribution >= 0.6 is 0 Å². The number of carbonyl (C=O) groups excluding carboxylic acids is 1. The highest BCUT2D eigenvalue weighted by molar-refractivity contribution is 5.80. The molecular weight excluding hydrogens is 342 g/mol. The lowest BCUT2D eigenvalue weighted by atomic mass is 9.97. The average Bonchev–Trinajstić information content (AvgIpc) is 2.68. The van der Waals surface area contributed by atoms with E-state index < -0.39 is 0 Å². The van der Waals surface area contributed by atoms with Crippen LogP contribution in [-0.2, 0) is 9.53 Å². The molecule has 0 amide bonds. The molecule has 0 bridgehead atoms. The van der Waals surface area contributed by atoms with Crippen molar-refractivity contribution in [3.8, 4) is 5.75 Å². The van der Waals surface area contributed by atoms with Gasteiger partial charge in [0.2, 0.25) is 0 Å². The van der Waals surface area contributed by atoms with Crippen molar-refractivity contribution in [2.24, 2.45) is 10.9 Å². The van der Waals surface area contributed by atoms with Crippen molar-refractivity contribution in [2.75, 3.05) is 39.9 Å². The topological polar surface area (TPSA) is 63.2 Å². The van der Waals surface area contributed by atoms with Gasteiger partial charge in [0.25, 0.3) is 0 Å². The summed E-state index contributed by atoms with van der Waals surface area (Å²) in [5.74, 6) is 1.83. The van der Waals surface area contributed by atoms with E-state index in [-0.39, 0.29) is 11.9 Å². The summed E-state index contributed by atoms with van der Waals surface area (Å²) in [6.45, 7) is 10.1. The van der Waals surface area contributed by atoms with Gasteiger partial charge in [0.1, 0.15) is 5.75 Å². The van der Waals surface area contributed by atoms with Crippen LogP contribution < -0.4 is 10.1 Å². The summed E-state index contributed by atoms with van der Waals surface area (Å²) < 4.78 is 10.8. The first-order valence-electron chi connectivity index (χ1n) is 9.87. The highest BCUT2D eigenvalue weighted by Crippen LogP contribution is 2.22. The first kappa shape index (κ1) is 21.1. The Balaban J connectivity index is 1.81. The number of carbonyl (C=O) groups is 1. The molecule has 27 heavy (non-hydrogen) atoms. The Labute approximate surface area is 162 Å². The fourth-order valence-corrected chi connectivity index (χ4v) is 3.37. The number of guanidine groups is 1. The molecule has 1 aromatic carbocycles. The van der Waals surface area contributed by atoms with Gasteiger partial charge in [-0.05, 0) is 44.7 Å². The summed E-state index contributed by atoms with van der Waals surface area (Å²) in [6, 6.07) is 6.19. The SMILES string of the molecule is CCNC(=NCCCOc1c(C)cccc1C)N1CCC(C(=O)OC)CC1. The van der Waals surface area contributed by atoms with Crippen molar-refractivity contribution in [3.63, 3.8) is 0 Å². The Hall–Kier alpha value is -2.24. The fourth-order valence-electron chi connectivity index (χ4n) is 3.37. The maximum Gasteiger partial charge on any atom is 0.308 e. The second-order valence-electron chi connectivity index (χ2n) is 6.94. The quantitative estimate of drug-likeness (QED) is 0.344. The molecule has 0 aromatic heterocycles. The number of nitrogens with zero attached hydrogens (tertiary/aromatic N) is 2. The van der Waals surface area contributed by atoms with Crippen LogP contribution in [0.25, 0.3) is 0 Å². The van der Waals surface area contributed by atoms with Crippen LogP contribution in [0.4, 0.5) is 0 Å². The standard InChI is InChI=1S/C21H33N3O3/c1-5-22-21(24-13-10-18(11-14-24)20(25)26-4)23-12-7-15-27-19-16(2)8-6-9-17(19)3/h6,8-9,18H,5,7,10-15H2,1-4H3,(H,22,23). The van der Waals surface area contributed by atoms with Crippen molar-refractivity contribution in [2.45, 2.75) is 40.0 Å². The molecule has 150 valence electrons. The van der Waals surface area contributed by atoms with Gasteiger partial charge in [-0.2, -0.15) is 0 Å². The van der Waals surface area contributed by atoms with E-state index in [1.807, 2.05) is 6.07 Å². The van der Waals surface area contributed by atoms with Gasteiger partial charge >= 0.3 is 5.97 Å². The molecule has 1 aromatic rings. The van der Waals surface area contributed by atoms with Crippen LogP contribution in [0.2, 0.25) is 0 Å². The first-order chi connectivity index (χ1) is 13.1. The maximum atomic E-state index is 11.7. The number of methoxy groups -OCH3 is 1. The Morgan fingerprint density at radius 3 is 2.52 bits per heavy atom. The minimum atomic E-state index is -0.0970. The second kappa shape index (κ2) is 10.8. The van der Waals surface area contributed by atoms with Crippen molar-refractivity contribution in [1.82, 2.24) is 10.2 Å². The van der Waals surface area contributed by atoms with Crippen LogP contribution in [0, 0.1) is 19.8 Å². The maximum absolute atomic E-state index is 11.7. The molecule has 0 unspecified atom stereocenters. The molecule has 0 spiro atoms. The summed E-state index contributed by atoms with van der Waals surface area (Å²) in [5.41, 5.74) is 2.33. The number of benzene rings is 1. The minimum Gasteiger partial charge on any atom is -0.493 e. The van der Waals surface area contributed by atoms with Gasteiger partial charge in [-0.1, -0.05) is 18.2 Å². The molecule has 0 atom stereocenters. The monoisotopic (exact) mass is 375 g/mol. The van der Waals surface area contributed by atoms with Gasteiger partial charge in [-0.3, -0.25) is 9.79 Å². The Kier molecular flexibility index (Phi) is 8.43. The number of hydrogen-bond donors (Lipinski definition) is 1. The van der Waals surface area contributed by atoms with E-state index in [1.165, 1.54) is 18.2 Å². The van der Waals surface area contributed by atoms with E-state index in [0.29, 0.717) is 13.2 Å². The van der Waals surface area contributed by atoms with Crippen molar-refractivity contribution in [3.05, 3.63) is 29.3 Å². The van der Waals surface area contributed by atoms with Crippen LogP contribution in [-0.4, -0.2) is 56.7 Å². The first-order valence-corrected chi connectivity index (χ1v) is 9.87. The normalized spacial score (nSPS) is 15.6. The molecule has 1 fully saturated rings. The lowest BCUT2D eigenvalue weighted by molar-refractivity contribution is -0.146. The molecule has 0 aliphatic carbocycles. The molecule has 0 radical (unpaired) electrons. The molecular formula is C21H33N3O3. The lowest BCUT2D eigenvalue weighted by Gasteiger charge is -2.33. The lowest BCUT2D eigenvalue weighted by Crippen LogP contribution is -2.46. The van der Waals surface area contributed by atoms with E-state index in [2.05, 4.69) is 43.1 Å². The van der Waals surface area contributed by atoms with Gasteiger partial charge in [-0.25, -0.2) is 0 Å². The number of esters is 1. The largest absolute Gasteiger partial charge is 0.493 e. The van der Waals surface area contributed by atoms with Crippen molar-refractivity contribution < 1.29 is 14.3 Å². The van der Waals surface area contributed by atoms with E-state index in [4.69, 9.17) is 14.5 Å². The van der Waals surface area contributed by atoms with Gasteiger partial charge in [0, 0.05) is 32.6 Å². The summed E-state index contributed by atoms with van der Waals surface area (Å²) in [5, 5.41) is 3.36. The van der Waals surface area contributed by atoms with E-state index in [0.717, 1.165) is 50.6 Å². The number of hydrogen-bond acceptors (Lipinski definition) is 4. The van der Waals surface area contributed by atoms with Crippen molar-refractivity contribution in [1.29, 1.82) is 0 Å². The number of likely N-dealkylation sites (tertiary alicyclic amines) is 1. The zero-order valence-electron chi connectivity index (χ0n) is 17.1. The zero-order valence-corrected chi connectivity index (χ0v) is 17.1. The number of aliphatic imine (C=N–C) groups is 1. The summed E-state index contributed by atoms with van der Waals surface area (Å²) in [4.78, 5) is 18.6. The van der Waals surface area contributed by atoms with Crippen molar-refractivity contribution >= 4 is 11.9 Å². The third-order valence-corrected chi connectivity index (χ3v) is 4.88. The molecule has 2 rings (SSSR count). The number of piperidine rings is 1. The fraction of sp³-hybridized carbons (Fsp3) is 0.619. The summed E-state index contributed by atoms with van der Waals surface area (Å²) in [7, 11) is 1.46. The number of nitrogens with one attached hydrogen (secondary N) is 1. The molecule has 1 heterocycles. The predicted octanol–water partition coefficient (Wildman–Crippen LogP) is 2.92. The van der Waals surface area contributed by atoms with Gasteiger partial charge < -0.3 is 19.7 Å². The molecule has 6 heteroatoms. The second-order valence-corrected chi connectivity index (χ2v) is 6.94. The highest BCUT2D eigenvalue weighted by Gasteiger charge is 2.26. The van der Waals surface area contributed by atoms with Gasteiger partial charge in [0.05, 0.1) is 19.6 Å². The zero-order chi connectivity index (χ0) is 19.6. The smallest absolute Gasteiger partial charge is 0.308 e. The van der Waals surface area contributed by atoms with Gasteiger partial charge in [-0.15, -0.1) is 0 Å². The molecule has 1 aliphatic rings. The minimum absolute atomic E-state index is 0.0138. The van der Waals surface area contributed by atoms with Crippen LogP contribution in [0.3, 0.4) is 0 Å². The van der Waals surface area contributed by atoms with Crippen LogP contribution in [0.5, 0.6) is 5.75 Å². The highest BCUT2D eigenvalue weighted by atomic mass is 16.5. The van der Waals surface area contributed by atoms with E-state index >= 15 is 0 Å². The number of aryl methyl sites for hydroxylation is 2. The third kappa shape index (κ3) is 6.15. The third-order valence-electron chi connectivity index (χ3n) is 4.88. The molecule has 1 saturated heterocycles. The Morgan fingerprint density at radius 1 is 1.26 bits per heavy atom. The summed E-state index contributed by atoms with van der Waals surface area (Å²) >= 11 is 0.